The van der Waals surface area contributed by atoms with Crippen molar-refractivity contribution in [1.82, 2.24) is 0 Å². The molecule has 0 bridgehead atoms. The SMILES string of the molecule is O=C=NCC1COC(CN=C=O)O1. The Bertz CT molecular complexity index is 229. The van der Waals surface area contributed by atoms with Gasteiger partial charge in [-0.15, -0.1) is 0 Å². The first-order valence-electron chi connectivity index (χ1n) is 3.71. The number of rotatable bonds is 4. The molecule has 1 fully saturated rings. The third-order valence-electron chi connectivity index (χ3n) is 1.48. The second-order valence-corrected chi connectivity index (χ2v) is 2.38. The smallest absolute Gasteiger partial charge is 0.235 e. The Hall–Kier alpha value is -1.32. The molecule has 0 aliphatic carbocycles. The number of hydrogen-bond acceptors (Lipinski definition) is 6. The first-order chi connectivity index (χ1) is 6.36. The summed E-state index contributed by atoms with van der Waals surface area (Å²) in [5.74, 6) is 0. The normalized spacial score (nSPS) is 26.2. The highest BCUT2D eigenvalue weighted by Gasteiger charge is 2.25. The largest absolute Gasteiger partial charge is 0.348 e. The maximum absolute atomic E-state index is 9.76. The number of ether oxygens (including phenoxy) is 2. The maximum Gasteiger partial charge on any atom is 0.235 e. The van der Waals surface area contributed by atoms with Gasteiger partial charge in [0.25, 0.3) is 0 Å². The molecule has 0 aromatic carbocycles. The molecule has 13 heavy (non-hydrogen) atoms. The molecule has 70 valence electrons. The minimum atomic E-state index is -0.520. The Labute approximate surface area is 74.3 Å². The van der Waals surface area contributed by atoms with Crippen molar-refractivity contribution in [3.05, 3.63) is 0 Å². The van der Waals surface area contributed by atoms with Gasteiger partial charge in [0.2, 0.25) is 12.2 Å². The van der Waals surface area contributed by atoms with Crippen molar-refractivity contribution in [2.45, 2.75) is 12.4 Å². The van der Waals surface area contributed by atoms with E-state index in [0.717, 1.165) is 0 Å². The number of aliphatic imine (C=N–C) groups is 2. The van der Waals surface area contributed by atoms with Gasteiger partial charge < -0.3 is 9.47 Å². The number of isocyanates is 2. The molecule has 1 saturated heterocycles. The van der Waals surface area contributed by atoms with E-state index < -0.39 is 6.29 Å². The van der Waals surface area contributed by atoms with Gasteiger partial charge in [0.1, 0.15) is 12.6 Å². The van der Waals surface area contributed by atoms with E-state index in [0.29, 0.717) is 6.61 Å². The first-order valence-corrected chi connectivity index (χ1v) is 3.71. The molecule has 6 nitrogen and oxygen atoms in total. The van der Waals surface area contributed by atoms with E-state index in [9.17, 15) is 9.59 Å². The molecule has 0 N–H and O–H groups in total. The van der Waals surface area contributed by atoms with Crippen LogP contribution in [-0.4, -0.2) is 44.3 Å². The summed E-state index contributed by atoms with van der Waals surface area (Å²) in [4.78, 5) is 26.2. The van der Waals surface area contributed by atoms with Crippen LogP contribution in [0, 0.1) is 0 Å². The van der Waals surface area contributed by atoms with Crippen molar-refractivity contribution >= 4 is 12.2 Å². The monoisotopic (exact) mass is 184 g/mol. The van der Waals surface area contributed by atoms with E-state index in [-0.39, 0.29) is 19.2 Å². The molecular formula is C7H8N2O4. The molecule has 2 unspecified atom stereocenters. The molecule has 1 aliphatic rings. The Kier molecular flexibility index (Phi) is 4.02. The fourth-order valence-corrected chi connectivity index (χ4v) is 0.950. The molecule has 0 saturated carbocycles. The molecule has 1 rings (SSSR count). The Morgan fingerprint density at radius 3 is 2.62 bits per heavy atom. The van der Waals surface area contributed by atoms with Crippen LogP contribution in [-0.2, 0) is 19.1 Å². The highest BCUT2D eigenvalue weighted by atomic mass is 16.7. The van der Waals surface area contributed by atoms with Crippen LogP contribution >= 0.6 is 0 Å². The lowest BCUT2D eigenvalue weighted by atomic mass is 10.4. The van der Waals surface area contributed by atoms with E-state index in [2.05, 4.69) is 9.98 Å². The lowest BCUT2D eigenvalue weighted by molar-refractivity contribution is -0.0470. The Balaban J connectivity index is 2.27. The summed E-state index contributed by atoms with van der Waals surface area (Å²) in [5, 5.41) is 0. The predicted molar refractivity (Wildman–Crippen MR) is 40.6 cm³/mol. The van der Waals surface area contributed by atoms with Crippen molar-refractivity contribution < 1.29 is 19.1 Å². The lowest BCUT2D eigenvalue weighted by Crippen LogP contribution is -2.17. The van der Waals surface area contributed by atoms with Crippen molar-refractivity contribution in [2.24, 2.45) is 9.98 Å². The maximum atomic E-state index is 9.76. The average Bonchev–Trinajstić information content (AvgIpc) is 2.59. The van der Waals surface area contributed by atoms with Gasteiger partial charge in [-0.05, 0) is 0 Å². The van der Waals surface area contributed by atoms with E-state index >= 15 is 0 Å². The number of nitrogens with zero attached hydrogens (tertiary/aromatic N) is 2. The molecule has 0 amide bonds. The van der Waals surface area contributed by atoms with Crippen LogP contribution in [0.15, 0.2) is 9.98 Å². The summed E-state index contributed by atoms with van der Waals surface area (Å²) in [6, 6.07) is 0. The van der Waals surface area contributed by atoms with Crippen molar-refractivity contribution in [2.75, 3.05) is 19.7 Å². The third kappa shape index (κ3) is 3.27. The quantitative estimate of drug-likeness (QED) is 0.431. The highest BCUT2D eigenvalue weighted by Crippen LogP contribution is 2.11. The van der Waals surface area contributed by atoms with E-state index in [1.54, 1.807) is 0 Å². The third-order valence-corrected chi connectivity index (χ3v) is 1.48. The van der Waals surface area contributed by atoms with Crippen LogP contribution < -0.4 is 0 Å². The summed E-state index contributed by atoms with van der Waals surface area (Å²) >= 11 is 0. The predicted octanol–water partition coefficient (Wildman–Crippen LogP) is -0.601. The molecule has 0 aromatic rings. The van der Waals surface area contributed by atoms with Crippen LogP contribution in [0.3, 0.4) is 0 Å². The van der Waals surface area contributed by atoms with E-state index in [1.165, 1.54) is 12.2 Å². The summed E-state index contributed by atoms with van der Waals surface area (Å²) in [6.45, 7) is 0.708. The zero-order valence-electron chi connectivity index (χ0n) is 6.80. The standard InChI is InChI=1S/C7H8N2O4/c10-4-8-1-6-3-12-7(13-6)2-9-5-11/h6-7H,1-3H2. The van der Waals surface area contributed by atoms with Crippen LogP contribution in [0.4, 0.5) is 0 Å². The van der Waals surface area contributed by atoms with Gasteiger partial charge in [-0.3, -0.25) is 0 Å². The highest BCUT2D eigenvalue weighted by molar-refractivity contribution is 5.33. The topological polar surface area (TPSA) is 77.3 Å². The average molecular weight is 184 g/mol. The second kappa shape index (κ2) is 5.35. The van der Waals surface area contributed by atoms with E-state index in [4.69, 9.17) is 9.47 Å². The zero-order valence-corrected chi connectivity index (χ0v) is 6.80. The zero-order chi connectivity index (χ0) is 9.52. The van der Waals surface area contributed by atoms with E-state index in [1.807, 2.05) is 0 Å². The number of hydrogen-bond donors (Lipinski definition) is 0. The summed E-state index contributed by atoms with van der Waals surface area (Å²) in [7, 11) is 0. The first kappa shape index (κ1) is 9.77. The molecule has 2 atom stereocenters. The van der Waals surface area contributed by atoms with Gasteiger partial charge in [0.15, 0.2) is 6.29 Å². The molecule has 0 aromatic heterocycles. The summed E-state index contributed by atoms with van der Waals surface area (Å²) < 4.78 is 10.3. The Morgan fingerprint density at radius 1 is 1.23 bits per heavy atom. The molecule has 0 radical (unpaired) electrons. The fraction of sp³-hybridized carbons (Fsp3) is 0.714. The minimum absolute atomic E-state index is 0.130. The van der Waals surface area contributed by atoms with Crippen LogP contribution in [0.1, 0.15) is 0 Å². The van der Waals surface area contributed by atoms with Crippen LogP contribution in [0.5, 0.6) is 0 Å². The molecule has 6 heteroatoms. The van der Waals surface area contributed by atoms with Gasteiger partial charge >= 0.3 is 0 Å². The molecule has 1 heterocycles. The van der Waals surface area contributed by atoms with Crippen molar-refractivity contribution in [3.63, 3.8) is 0 Å². The van der Waals surface area contributed by atoms with Crippen molar-refractivity contribution in [3.8, 4) is 0 Å². The lowest BCUT2D eigenvalue weighted by Gasteiger charge is -2.05. The molecule has 0 spiro atoms. The summed E-state index contributed by atoms with van der Waals surface area (Å²) in [6.07, 6.45) is 2.03. The second-order valence-electron chi connectivity index (χ2n) is 2.38. The minimum Gasteiger partial charge on any atom is -0.348 e. The number of carbonyl (C=O) groups excluding carboxylic acids is 2. The summed E-state index contributed by atoms with van der Waals surface area (Å²) in [5.41, 5.74) is 0. The Morgan fingerprint density at radius 2 is 1.92 bits per heavy atom. The van der Waals surface area contributed by atoms with Gasteiger partial charge in [0, 0.05) is 0 Å². The van der Waals surface area contributed by atoms with Gasteiger partial charge in [0.05, 0.1) is 13.2 Å². The van der Waals surface area contributed by atoms with Crippen molar-refractivity contribution in [1.29, 1.82) is 0 Å². The molecular weight excluding hydrogens is 176 g/mol. The van der Waals surface area contributed by atoms with Gasteiger partial charge in [-0.2, -0.15) is 0 Å². The van der Waals surface area contributed by atoms with Crippen LogP contribution in [0.2, 0.25) is 0 Å². The van der Waals surface area contributed by atoms with Gasteiger partial charge in [-0.25, -0.2) is 19.6 Å². The van der Waals surface area contributed by atoms with Gasteiger partial charge in [-0.1, -0.05) is 0 Å². The molecule has 1 aliphatic heterocycles. The fourth-order valence-electron chi connectivity index (χ4n) is 0.950. The van der Waals surface area contributed by atoms with Crippen LogP contribution in [0.25, 0.3) is 0 Å².